The summed E-state index contributed by atoms with van der Waals surface area (Å²) >= 11 is 5.79. The molecule has 3 aromatic carbocycles. The maximum atomic E-state index is 14.3. The fraction of sp³-hybridized carbons (Fsp3) is 0.222. The van der Waals surface area contributed by atoms with Gasteiger partial charge in [0, 0.05) is 43.0 Å². The van der Waals surface area contributed by atoms with Crippen LogP contribution in [-0.2, 0) is 6.54 Å². The average molecular weight is 479 g/mol. The molecule has 0 bridgehead atoms. The van der Waals surface area contributed by atoms with Crippen molar-refractivity contribution in [1.29, 1.82) is 0 Å². The van der Waals surface area contributed by atoms with Gasteiger partial charge in [0.05, 0.1) is 16.2 Å². The zero-order chi connectivity index (χ0) is 24.2. The molecule has 5 nitrogen and oxygen atoms in total. The number of phenolic OH excluding ortho intramolecular Hbond substituents is 1. The number of hydrogen-bond donors (Lipinski definition) is 2. The molecular formula is C27H28ClFN4O. The highest BCUT2D eigenvalue weighted by Crippen LogP contribution is 2.34. The number of aromatic nitrogens is 1. The van der Waals surface area contributed by atoms with Gasteiger partial charge in [0.1, 0.15) is 11.6 Å². The number of aromatic hydroxyl groups is 1. The Hall–Kier alpha value is -3.19. The molecule has 0 spiro atoms. The van der Waals surface area contributed by atoms with Crippen LogP contribution in [0.1, 0.15) is 5.56 Å². The monoisotopic (exact) mass is 478 g/mol. The van der Waals surface area contributed by atoms with E-state index in [4.69, 9.17) is 11.6 Å². The van der Waals surface area contributed by atoms with Gasteiger partial charge in [-0.3, -0.25) is 4.98 Å². The van der Waals surface area contributed by atoms with E-state index < -0.39 is 5.82 Å². The fourth-order valence-corrected chi connectivity index (χ4v) is 3.98. The van der Waals surface area contributed by atoms with Gasteiger partial charge in [0.15, 0.2) is 0 Å². The minimum Gasteiger partial charge on any atom is -0.506 e. The van der Waals surface area contributed by atoms with Crippen molar-refractivity contribution in [2.75, 3.05) is 39.5 Å². The molecule has 1 aromatic heterocycles. The van der Waals surface area contributed by atoms with Gasteiger partial charge in [-0.25, -0.2) is 4.39 Å². The van der Waals surface area contributed by atoms with Crippen LogP contribution in [0.15, 0.2) is 66.9 Å². The van der Waals surface area contributed by atoms with E-state index in [0.717, 1.165) is 47.7 Å². The summed E-state index contributed by atoms with van der Waals surface area (Å²) in [7, 11) is 6.30. The first-order valence-corrected chi connectivity index (χ1v) is 11.4. The smallest absolute Gasteiger partial charge is 0.148 e. The molecule has 0 aliphatic heterocycles. The number of fused-ring (bicyclic) bond motifs is 1. The van der Waals surface area contributed by atoms with E-state index in [0.29, 0.717) is 5.69 Å². The molecule has 7 heteroatoms. The molecule has 0 radical (unpaired) electrons. The SMILES string of the molecule is CN(C)CCN(C)Cc1cccc(-c2ccc3c(Nc4cc(O)c(Cl)cc4F)ccnc3c2)c1. The van der Waals surface area contributed by atoms with Crippen LogP contribution in [0.3, 0.4) is 0 Å². The summed E-state index contributed by atoms with van der Waals surface area (Å²) in [6.45, 7) is 2.89. The highest BCUT2D eigenvalue weighted by molar-refractivity contribution is 6.32. The van der Waals surface area contributed by atoms with Crippen molar-refractivity contribution in [3.8, 4) is 16.9 Å². The predicted octanol–water partition coefficient (Wildman–Crippen LogP) is 6.14. The van der Waals surface area contributed by atoms with Gasteiger partial charge >= 0.3 is 0 Å². The molecule has 0 amide bonds. The summed E-state index contributed by atoms with van der Waals surface area (Å²) < 4.78 is 14.3. The number of halogens is 2. The Bertz CT molecular complexity index is 1310. The Morgan fingerprint density at radius 1 is 0.941 bits per heavy atom. The predicted molar refractivity (Wildman–Crippen MR) is 138 cm³/mol. The second-order valence-electron chi connectivity index (χ2n) is 8.74. The first-order chi connectivity index (χ1) is 16.3. The van der Waals surface area contributed by atoms with Gasteiger partial charge in [0.2, 0.25) is 0 Å². The summed E-state index contributed by atoms with van der Waals surface area (Å²) in [5, 5.41) is 13.7. The zero-order valence-electron chi connectivity index (χ0n) is 19.5. The van der Waals surface area contributed by atoms with Gasteiger partial charge in [0.25, 0.3) is 0 Å². The number of benzene rings is 3. The molecule has 176 valence electrons. The van der Waals surface area contributed by atoms with Gasteiger partial charge in [-0.1, -0.05) is 41.9 Å². The molecule has 0 fully saturated rings. The van der Waals surface area contributed by atoms with Crippen LogP contribution in [0.4, 0.5) is 15.8 Å². The Labute approximate surface area is 204 Å². The normalized spacial score (nSPS) is 11.5. The number of nitrogens with zero attached hydrogens (tertiary/aromatic N) is 3. The van der Waals surface area contributed by atoms with Crippen molar-refractivity contribution in [3.63, 3.8) is 0 Å². The second-order valence-corrected chi connectivity index (χ2v) is 9.15. The lowest BCUT2D eigenvalue weighted by atomic mass is 10.0. The van der Waals surface area contributed by atoms with E-state index in [1.54, 1.807) is 12.3 Å². The van der Waals surface area contributed by atoms with Crippen LogP contribution in [0.25, 0.3) is 22.0 Å². The number of likely N-dealkylation sites (N-methyl/N-ethyl adjacent to an activating group) is 2. The maximum absolute atomic E-state index is 14.3. The molecule has 1 heterocycles. The van der Waals surface area contributed by atoms with Gasteiger partial charge in [-0.05, 0) is 62.1 Å². The molecule has 0 aliphatic carbocycles. The summed E-state index contributed by atoms with van der Waals surface area (Å²) in [5.74, 6) is -0.727. The van der Waals surface area contributed by atoms with Gasteiger partial charge < -0.3 is 20.2 Å². The zero-order valence-corrected chi connectivity index (χ0v) is 20.3. The van der Waals surface area contributed by atoms with E-state index in [1.165, 1.54) is 11.6 Å². The van der Waals surface area contributed by atoms with Crippen LogP contribution < -0.4 is 5.32 Å². The quantitative estimate of drug-likeness (QED) is 0.318. The molecule has 4 rings (SSSR count). The first kappa shape index (κ1) is 24.0. The Kier molecular flexibility index (Phi) is 7.32. The summed E-state index contributed by atoms with van der Waals surface area (Å²) in [4.78, 5) is 9.01. The molecule has 0 atom stereocenters. The number of rotatable bonds is 8. The molecule has 0 unspecified atom stereocenters. The van der Waals surface area contributed by atoms with E-state index in [2.05, 4.69) is 65.5 Å². The standard InChI is InChI=1S/C27H28ClFN4O/c1-32(2)11-12-33(3)17-18-5-4-6-19(13-18)20-7-8-21-24(9-10-30-25(21)14-20)31-26-16-27(34)22(28)15-23(26)29/h4-10,13-16,34H,11-12,17H2,1-3H3,(H,30,31). The number of phenols is 1. The molecule has 34 heavy (non-hydrogen) atoms. The minimum atomic E-state index is -0.545. The van der Waals surface area contributed by atoms with Crippen LogP contribution in [0.5, 0.6) is 5.75 Å². The highest BCUT2D eigenvalue weighted by Gasteiger charge is 2.11. The van der Waals surface area contributed by atoms with E-state index in [1.807, 2.05) is 18.2 Å². The number of hydrogen-bond acceptors (Lipinski definition) is 5. The summed E-state index contributed by atoms with van der Waals surface area (Å²) in [5.41, 5.74) is 5.05. The number of nitrogens with one attached hydrogen (secondary N) is 1. The summed E-state index contributed by atoms with van der Waals surface area (Å²) in [6.07, 6.45) is 1.68. The van der Waals surface area contributed by atoms with Crippen LogP contribution in [0, 0.1) is 5.82 Å². The van der Waals surface area contributed by atoms with Crippen molar-refractivity contribution in [3.05, 3.63) is 83.3 Å². The van der Waals surface area contributed by atoms with E-state index in [9.17, 15) is 9.50 Å². The highest BCUT2D eigenvalue weighted by atomic mass is 35.5. The maximum Gasteiger partial charge on any atom is 0.148 e. The lowest BCUT2D eigenvalue weighted by Gasteiger charge is -2.19. The molecule has 2 N–H and O–H groups in total. The van der Waals surface area contributed by atoms with Crippen molar-refractivity contribution in [2.24, 2.45) is 0 Å². The van der Waals surface area contributed by atoms with Crippen molar-refractivity contribution in [2.45, 2.75) is 6.54 Å². The number of anilines is 2. The van der Waals surface area contributed by atoms with Gasteiger partial charge in [-0.2, -0.15) is 0 Å². The molecular weight excluding hydrogens is 451 g/mol. The van der Waals surface area contributed by atoms with Crippen molar-refractivity contribution in [1.82, 2.24) is 14.8 Å². The van der Waals surface area contributed by atoms with Crippen LogP contribution >= 0.6 is 11.6 Å². The summed E-state index contributed by atoms with van der Waals surface area (Å²) in [6, 6.07) is 18.7. The third kappa shape index (κ3) is 5.65. The lowest BCUT2D eigenvalue weighted by molar-refractivity contribution is 0.276. The third-order valence-corrected chi connectivity index (χ3v) is 5.99. The minimum absolute atomic E-state index is 0.0293. The lowest BCUT2D eigenvalue weighted by Crippen LogP contribution is -2.28. The molecule has 0 aliphatic rings. The Morgan fingerprint density at radius 2 is 1.74 bits per heavy atom. The van der Waals surface area contributed by atoms with E-state index in [-0.39, 0.29) is 16.5 Å². The molecule has 4 aromatic rings. The largest absolute Gasteiger partial charge is 0.506 e. The van der Waals surface area contributed by atoms with Crippen molar-refractivity contribution < 1.29 is 9.50 Å². The average Bonchev–Trinajstić information content (AvgIpc) is 2.81. The van der Waals surface area contributed by atoms with Crippen molar-refractivity contribution >= 4 is 33.9 Å². The fourth-order valence-electron chi connectivity index (χ4n) is 3.83. The topological polar surface area (TPSA) is 51.6 Å². The Balaban J connectivity index is 1.59. The molecule has 0 saturated carbocycles. The molecule has 0 saturated heterocycles. The first-order valence-electron chi connectivity index (χ1n) is 11.1. The Morgan fingerprint density at radius 3 is 2.53 bits per heavy atom. The second kappa shape index (κ2) is 10.4. The van der Waals surface area contributed by atoms with Crippen LogP contribution in [0.2, 0.25) is 5.02 Å². The van der Waals surface area contributed by atoms with Crippen LogP contribution in [-0.4, -0.2) is 54.1 Å². The third-order valence-electron chi connectivity index (χ3n) is 5.69. The van der Waals surface area contributed by atoms with Gasteiger partial charge in [-0.15, -0.1) is 0 Å². The van der Waals surface area contributed by atoms with E-state index >= 15 is 0 Å². The number of pyridine rings is 1.